The molecule has 1 heterocycles. The van der Waals surface area contributed by atoms with Crippen LogP contribution < -0.4 is 10.0 Å². The van der Waals surface area contributed by atoms with Crippen molar-refractivity contribution in [2.45, 2.75) is 95.7 Å². The molecule has 5 rings (SSSR count). The van der Waals surface area contributed by atoms with Gasteiger partial charge in [-0.1, -0.05) is 37.5 Å². The van der Waals surface area contributed by atoms with Crippen molar-refractivity contribution in [3.63, 3.8) is 0 Å². The Balaban J connectivity index is 1.61. The van der Waals surface area contributed by atoms with E-state index in [-0.39, 0.29) is 22.2 Å². The second-order valence-corrected chi connectivity index (χ2v) is 14.6. The number of hydrogen-bond donors (Lipinski definition) is 3. The second-order valence-electron chi connectivity index (χ2n) is 12.9. The summed E-state index contributed by atoms with van der Waals surface area (Å²) in [4.78, 5) is 24.6. The molecule has 2 aliphatic rings. The van der Waals surface area contributed by atoms with Gasteiger partial charge in [-0.05, 0) is 82.9 Å². The summed E-state index contributed by atoms with van der Waals surface area (Å²) in [5, 5.41) is 12.7. The molecule has 2 fully saturated rings. The Kier molecular flexibility index (Phi) is 8.24. The minimum absolute atomic E-state index is 0.00926. The number of hydrogen-bond acceptors (Lipinski definition) is 4. The zero-order chi connectivity index (χ0) is 30.4. The smallest absolute Gasteiger partial charge is 0.306 e. The number of benzene rings is 2. The highest BCUT2D eigenvalue weighted by Gasteiger charge is 2.36. The lowest BCUT2D eigenvalue weighted by Crippen LogP contribution is -2.46. The van der Waals surface area contributed by atoms with Crippen LogP contribution in [0, 0.1) is 24.6 Å². The number of aromatic nitrogens is 1. The molecule has 0 unspecified atom stereocenters. The van der Waals surface area contributed by atoms with E-state index >= 15 is 4.39 Å². The quantitative estimate of drug-likeness (QED) is 0.294. The molecule has 2 aliphatic carbocycles. The Morgan fingerprint density at radius 2 is 1.76 bits per heavy atom. The van der Waals surface area contributed by atoms with E-state index in [9.17, 15) is 23.1 Å². The Morgan fingerprint density at radius 3 is 2.40 bits per heavy atom. The highest BCUT2D eigenvalue weighted by atomic mass is 32.2. The number of sulfonamides is 1. The van der Waals surface area contributed by atoms with Crippen LogP contribution in [0.2, 0.25) is 0 Å². The number of carboxylic acids is 1. The van der Waals surface area contributed by atoms with E-state index in [0.29, 0.717) is 41.8 Å². The van der Waals surface area contributed by atoms with E-state index in [0.717, 1.165) is 37.1 Å². The van der Waals surface area contributed by atoms with Crippen LogP contribution in [-0.2, 0) is 21.4 Å². The van der Waals surface area contributed by atoms with Crippen LogP contribution >= 0.6 is 0 Å². The monoisotopic (exact) mass is 597 g/mol. The summed E-state index contributed by atoms with van der Waals surface area (Å²) in [6.45, 7) is 7.79. The number of nitrogens with zero attached hydrogens (tertiary/aromatic N) is 1. The summed E-state index contributed by atoms with van der Waals surface area (Å²) in [6, 6.07) is 9.31. The van der Waals surface area contributed by atoms with Crippen LogP contribution in [0.25, 0.3) is 22.0 Å². The van der Waals surface area contributed by atoms with Crippen molar-refractivity contribution in [2.24, 2.45) is 11.8 Å². The van der Waals surface area contributed by atoms with E-state index in [4.69, 9.17) is 0 Å². The lowest BCUT2D eigenvalue weighted by molar-refractivity contribution is -0.145. The zero-order valence-corrected chi connectivity index (χ0v) is 25.5. The number of nitrogens with one attached hydrogen (secondary N) is 2. The number of halogens is 1. The summed E-state index contributed by atoms with van der Waals surface area (Å²) < 4.78 is 47.0. The summed E-state index contributed by atoms with van der Waals surface area (Å²) in [5.74, 6) is -1.76. The molecule has 0 saturated heterocycles. The lowest BCUT2D eigenvalue weighted by atomic mass is 9.80. The number of aliphatic carboxylic acids is 1. The molecular weight excluding hydrogens is 557 g/mol. The second kappa shape index (κ2) is 11.4. The maximum Gasteiger partial charge on any atom is 0.306 e. The van der Waals surface area contributed by atoms with Crippen LogP contribution in [0.5, 0.6) is 0 Å². The predicted molar refractivity (Wildman–Crippen MR) is 160 cm³/mol. The maximum absolute atomic E-state index is 15.5. The van der Waals surface area contributed by atoms with E-state index < -0.39 is 33.3 Å². The molecule has 3 N–H and O–H groups in total. The summed E-state index contributed by atoms with van der Waals surface area (Å²) >= 11 is 0. The van der Waals surface area contributed by atoms with Crippen molar-refractivity contribution in [3.05, 3.63) is 53.5 Å². The van der Waals surface area contributed by atoms with Gasteiger partial charge in [0.15, 0.2) is 0 Å². The van der Waals surface area contributed by atoms with Gasteiger partial charge in [0.05, 0.1) is 16.4 Å². The molecule has 8 nitrogen and oxygen atoms in total. The SMILES string of the molecule is Cc1c(C(=O)N[C@H]2C[C@H](C(=O)O)C2)cc(-c2ccc(S(=O)(=O)NC(C)(C)C)c3c(F)cccc23)n1CC1CCCCC1. The van der Waals surface area contributed by atoms with Gasteiger partial charge < -0.3 is 15.0 Å². The molecule has 0 aliphatic heterocycles. The molecule has 2 aromatic carbocycles. The van der Waals surface area contributed by atoms with E-state index in [1.54, 1.807) is 39.0 Å². The largest absolute Gasteiger partial charge is 0.481 e. The van der Waals surface area contributed by atoms with Crippen molar-refractivity contribution in [1.29, 1.82) is 0 Å². The third-order valence-electron chi connectivity index (χ3n) is 8.56. The number of carbonyl (C=O) groups excluding carboxylic acids is 1. The Bertz CT molecular complexity index is 1630. The third kappa shape index (κ3) is 6.10. The first-order valence-electron chi connectivity index (χ1n) is 14.7. The van der Waals surface area contributed by atoms with Gasteiger partial charge in [-0.2, -0.15) is 0 Å². The first-order chi connectivity index (χ1) is 19.7. The van der Waals surface area contributed by atoms with Gasteiger partial charge in [0.25, 0.3) is 5.91 Å². The average molecular weight is 598 g/mol. The van der Waals surface area contributed by atoms with Crippen LogP contribution in [0.1, 0.15) is 81.8 Å². The first-order valence-corrected chi connectivity index (χ1v) is 16.2. The molecule has 226 valence electrons. The zero-order valence-electron chi connectivity index (χ0n) is 24.7. The maximum atomic E-state index is 15.5. The fourth-order valence-corrected chi connectivity index (χ4v) is 8.04. The Labute approximate surface area is 246 Å². The van der Waals surface area contributed by atoms with Crippen LogP contribution in [0.4, 0.5) is 4.39 Å². The highest BCUT2D eigenvalue weighted by molar-refractivity contribution is 7.89. The van der Waals surface area contributed by atoms with Gasteiger partial charge in [-0.25, -0.2) is 17.5 Å². The van der Waals surface area contributed by atoms with Gasteiger partial charge in [0, 0.05) is 40.5 Å². The first kappa shape index (κ1) is 30.2. The van der Waals surface area contributed by atoms with Crippen LogP contribution in [0.15, 0.2) is 41.3 Å². The molecule has 0 radical (unpaired) electrons. The van der Waals surface area contributed by atoms with Crippen molar-refractivity contribution in [1.82, 2.24) is 14.6 Å². The summed E-state index contributed by atoms with van der Waals surface area (Å²) in [6.07, 6.45) is 6.49. The molecule has 2 saturated carbocycles. The van der Waals surface area contributed by atoms with Gasteiger partial charge in [0.2, 0.25) is 10.0 Å². The molecule has 1 aromatic heterocycles. The van der Waals surface area contributed by atoms with Gasteiger partial charge >= 0.3 is 5.97 Å². The number of rotatable bonds is 8. The minimum atomic E-state index is -4.04. The topological polar surface area (TPSA) is 118 Å². The Morgan fingerprint density at radius 1 is 1.07 bits per heavy atom. The normalized spacial score (nSPS) is 19.9. The fourth-order valence-electron chi connectivity index (χ4n) is 6.40. The van der Waals surface area contributed by atoms with Gasteiger partial charge in [-0.3, -0.25) is 9.59 Å². The van der Waals surface area contributed by atoms with Crippen LogP contribution in [0.3, 0.4) is 0 Å². The molecule has 10 heteroatoms. The summed E-state index contributed by atoms with van der Waals surface area (Å²) in [7, 11) is -4.04. The predicted octanol–water partition coefficient (Wildman–Crippen LogP) is 6.01. The average Bonchev–Trinajstić information content (AvgIpc) is 3.20. The third-order valence-corrected chi connectivity index (χ3v) is 10.4. The van der Waals surface area contributed by atoms with Gasteiger partial charge in [0.1, 0.15) is 5.82 Å². The molecule has 42 heavy (non-hydrogen) atoms. The molecule has 0 atom stereocenters. The van der Waals surface area contributed by atoms with E-state index in [2.05, 4.69) is 14.6 Å². The lowest BCUT2D eigenvalue weighted by Gasteiger charge is -2.32. The number of carboxylic acid groups (broad SMARTS) is 1. The van der Waals surface area contributed by atoms with Crippen molar-refractivity contribution in [2.75, 3.05) is 0 Å². The molecule has 0 bridgehead atoms. The number of carbonyl (C=O) groups is 2. The standard InChI is InChI=1S/C32H40FN3O5S/c1-19-25(30(37)34-22-15-21(16-22)31(38)39)17-27(36(19)18-20-9-6-5-7-10-20)23-13-14-28(42(40,41)35-32(2,3)4)29-24(23)11-8-12-26(29)33/h8,11-14,17,20-22,35H,5-7,9-10,15-16,18H2,1-4H3,(H,34,37)(H,38,39)/t21-,22-. The molecular formula is C32H40FN3O5S. The van der Waals surface area contributed by atoms with Crippen LogP contribution in [-0.4, -0.2) is 41.5 Å². The highest BCUT2D eigenvalue weighted by Crippen LogP contribution is 2.38. The number of amides is 1. The fraction of sp³-hybridized carbons (Fsp3) is 0.500. The number of fused-ring (bicyclic) bond motifs is 1. The van der Waals surface area contributed by atoms with Crippen molar-refractivity contribution >= 4 is 32.7 Å². The molecule has 3 aromatic rings. The Hall–Kier alpha value is -3.24. The molecule has 1 amide bonds. The molecule has 0 spiro atoms. The van der Waals surface area contributed by atoms with E-state index in [1.807, 2.05) is 13.0 Å². The van der Waals surface area contributed by atoms with Crippen molar-refractivity contribution in [3.8, 4) is 11.3 Å². The van der Waals surface area contributed by atoms with Gasteiger partial charge in [-0.15, -0.1) is 0 Å². The summed E-state index contributed by atoms with van der Waals surface area (Å²) in [5.41, 5.74) is 1.87. The minimum Gasteiger partial charge on any atom is -0.481 e. The van der Waals surface area contributed by atoms with E-state index in [1.165, 1.54) is 18.6 Å². The van der Waals surface area contributed by atoms with Crippen molar-refractivity contribution < 1.29 is 27.5 Å².